The standard InChI is InChI=1S/C23H28O5/c1-4-5-6-11-16-26-22(24)18-12-7-8-13-19(18)23(25)28-21-15-10-9-14-20(21)27-17(2)3/h7-10,12-15,17H,4-6,11,16H2,1-3H3. The lowest BCUT2D eigenvalue weighted by Gasteiger charge is -2.14. The largest absolute Gasteiger partial charge is 0.487 e. The molecular formula is C23H28O5. The van der Waals surface area contributed by atoms with Crippen LogP contribution in [0.15, 0.2) is 48.5 Å². The molecule has 0 saturated heterocycles. The van der Waals surface area contributed by atoms with Gasteiger partial charge in [-0.1, -0.05) is 50.5 Å². The molecule has 2 aromatic carbocycles. The molecule has 0 aliphatic rings. The van der Waals surface area contributed by atoms with Crippen LogP contribution in [0.25, 0.3) is 0 Å². The molecular weight excluding hydrogens is 356 g/mol. The number of para-hydroxylation sites is 2. The van der Waals surface area contributed by atoms with Gasteiger partial charge in [0.1, 0.15) is 0 Å². The smallest absolute Gasteiger partial charge is 0.344 e. The zero-order chi connectivity index (χ0) is 20.4. The molecule has 0 aliphatic carbocycles. The first-order valence-corrected chi connectivity index (χ1v) is 9.77. The van der Waals surface area contributed by atoms with Crippen molar-refractivity contribution in [1.82, 2.24) is 0 Å². The maximum Gasteiger partial charge on any atom is 0.344 e. The number of unbranched alkanes of at least 4 members (excludes halogenated alkanes) is 3. The van der Waals surface area contributed by atoms with Gasteiger partial charge in [-0.15, -0.1) is 0 Å². The lowest BCUT2D eigenvalue weighted by atomic mass is 10.1. The van der Waals surface area contributed by atoms with Gasteiger partial charge >= 0.3 is 11.9 Å². The Morgan fingerprint density at radius 2 is 1.43 bits per heavy atom. The van der Waals surface area contributed by atoms with Gasteiger partial charge in [-0.2, -0.15) is 0 Å². The van der Waals surface area contributed by atoms with E-state index < -0.39 is 11.9 Å². The molecule has 0 heterocycles. The number of esters is 2. The minimum absolute atomic E-state index is 0.0603. The van der Waals surface area contributed by atoms with Crippen LogP contribution in [0.2, 0.25) is 0 Å². The fourth-order valence-electron chi connectivity index (χ4n) is 2.65. The quantitative estimate of drug-likeness (QED) is 0.310. The van der Waals surface area contributed by atoms with Crippen molar-refractivity contribution in [2.75, 3.05) is 6.61 Å². The Kier molecular flexibility index (Phi) is 8.53. The zero-order valence-corrected chi connectivity index (χ0v) is 16.8. The van der Waals surface area contributed by atoms with E-state index in [4.69, 9.17) is 14.2 Å². The van der Waals surface area contributed by atoms with Gasteiger partial charge in [-0.05, 0) is 44.5 Å². The third kappa shape index (κ3) is 6.41. The second-order valence-electron chi connectivity index (χ2n) is 6.75. The molecule has 0 saturated carbocycles. The van der Waals surface area contributed by atoms with Gasteiger partial charge in [0.2, 0.25) is 0 Å². The van der Waals surface area contributed by atoms with Crippen molar-refractivity contribution in [1.29, 1.82) is 0 Å². The van der Waals surface area contributed by atoms with Crippen molar-refractivity contribution >= 4 is 11.9 Å². The first kappa shape index (κ1) is 21.5. The van der Waals surface area contributed by atoms with Gasteiger partial charge < -0.3 is 14.2 Å². The van der Waals surface area contributed by atoms with Gasteiger partial charge in [-0.3, -0.25) is 0 Å². The maximum absolute atomic E-state index is 12.7. The zero-order valence-electron chi connectivity index (χ0n) is 16.8. The number of hydrogen-bond donors (Lipinski definition) is 0. The Morgan fingerprint density at radius 1 is 0.821 bits per heavy atom. The van der Waals surface area contributed by atoms with Crippen LogP contribution in [-0.4, -0.2) is 24.6 Å². The fraction of sp³-hybridized carbons (Fsp3) is 0.391. The SMILES string of the molecule is CCCCCCOC(=O)c1ccccc1C(=O)Oc1ccccc1OC(C)C. The van der Waals surface area contributed by atoms with Crippen LogP contribution < -0.4 is 9.47 Å². The number of carbonyl (C=O) groups excluding carboxylic acids is 2. The number of hydrogen-bond acceptors (Lipinski definition) is 5. The van der Waals surface area contributed by atoms with Gasteiger partial charge in [-0.25, -0.2) is 9.59 Å². The topological polar surface area (TPSA) is 61.8 Å². The Balaban J connectivity index is 2.09. The predicted molar refractivity (Wildman–Crippen MR) is 108 cm³/mol. The summed E-state index contributed by atoms with van der Waals surface area (Å²) in [5, 5.41) is 0. The summed E-state index contributed by atoms with van der Waals surface area (Å²) >= 11 is 0. The minimum atomic E-state index is -0.627. The monoisotopic (exact) mass is 384 g/mol. The molecule has 0 amide bonds. The highest BCUT2D eigenvalue weighted by Crippen LogP contribution is 2.28. The molecule has 0 atom stereocenters. The van der Waals surface area contributed by atoms with Gasteiger partial charge in [0.05, 0.1) is 23.8 Å². The van der Waals surface area contributed by atoms with Crippen LogP contribution in [-0.2, 0) is 4.74 Å². The first-order chi connectivity index (χ1) is 13.5. The molecule has 0 radical (unpaired) electrons. The molecule has 150 valence electrons. The van der Waals surface area contributed by atoms with Crippen LogP contribution in [0.5, 0.6) is 11.5 Å². The number of ether oxygens (including phenoxy) is 3. The van der Waals surface area contributed by atoms with Crippen LogP contribution >= 0.6 is 0 Å². The molecule has 0 N–H and O–H groups in total. The molecule has 2 aromatic rings. The lowest BCUT2D eigenvalue weighted by Crippen LogP contribution is -2.17. The summed E-state index contributed by atoms with van der Waals surface area (Å²) in [7, 11) is 0. The van der Waals surface area contributed by atoms with E-state index in [2.05, 4.69) is 6.92 Å². The third-order valence-electron chi connectivity index (χ3n) is 4.01. The van der Waals surface area contributed by atoms with E-state index >= 15 is 0 Å². The van der Waals surface area contributed by atoms with Crippen LogP contribution in [0.4, 0.5) is 0 Å². The average Bonchev–Trinajstić information content (AvgIpc) is 2.68. The second-order valence-corrected chi connectivity index (χ2v) is 6.75. The Hall–Kier alpha value is -2.82. The van der Waals surface area contributed by atoms with E-state index in [1.54, 1.807) is 48.5 Å². The van der Waals surface area contributed by atoms with E-state index in [1.807, 2.05) is 13.8 Å². The molecule has 0 bridgehead atoms. The van der Waals surface area contributed by atoms with Gasteiger partial charge in [0, 0.05) is 0 Å². The summed E-state index contributed by atoms with van der Waals surface area (Å²) in [6, 6.07) is 13.5. The summed E-state index contributed by atoms with van der Waals surface area (Å²) in [5.41, 5.74) is 0.366. The van der Waals surface area contributed by atoms with Crippen molar-refractivity contribution in [3.8, 4) is 11.5 Å². The van der Waals surface area contributed by atoms with Crippen LogP contribution in [0, 0.1) is 0 Å². The lowest BCUT2D eigenvalue weighted by molar-refractivity contribution is 0.0489. The second kappa shape index (κ2) is 11.1. The Morgan fingerprint density at radius 3 is 2.07 bits per heavy atom. The van der Waals surface area contributed by atoms with Crippen molar-refractivity contribution in [2.24, 2.45) is 0 Å². The summed E-state index contributed by atoms with van der Waals surface area (Å²) < 4.78 is 16.5. The molecule has 0 aromatic heterocycles. The molecule has 5 nitrogen and oxygen atoms in total. The first-order valence-electron chi connectivity index (χ1n) is 9.77. The molecule has 2 rings (SSSR count). The normalized spacial score (nSPS) is 10.6. The average molecular weight is 384 g/mol. The van der Waals surface area contributed by atoms with E-state index in [-0.39, 0.29) is 17.2 Å². The van der Waals surface area contributed by atoms with Crippen molar-refractivity contribution in [3.63, 3.8) is 0 Å². The van der Waals surface area contributed by atoms with Crippen molar-refractivity contribution < 1.29 is 23.8 Å². The molecule has 5 heteroatoms. The van der Waals surface area contributed by atoms with Crippen molar-refractivity contribution in [2.45, 2.75) is 52.6 Å². The van der Waals surface area contributed by atoms with E-state index in [0.717, 1.165) is 25.7 Å². The number of rotatable bonds is 10. The molecule has 28 heavy (non-hydrogen) atoms. The molecule has 0 spiro atoms. The Bertz CT molecular complexity index is 782. The van der Waals surface area contributed by atoms with Crippen LogP contribution in [0.3, 0.4) is 0 Å². The van der Waals surface area contributed by atoms with E-state index in [9.17, 15) is 9.59 Å². The molecule has 0 unspecified atom stereocenters. The number of benzene rings is 2. The maximum atomic E-state index is 12.7. The van der Waals surface area contributed by atoms with Crippen molar-refractivity contribution in [3.05, 3.63) is 59.7 Å². The predicted octanol–water partition coefficient (Wildman–Crippen LogP) is 5.43. The Labute approximate surface area is 166 Å². The highest BCUT2D eigenvalue weighted by Gasteiger charge is 2.20. The number of carbonyl (C=O) groups is 2. The summed E-state index contributed by atoms with van der Waals surface area (Å²) in [6.45, 7) is 6.25. The van der Waals surface area contributed by atoms with Gasteiger partial charge in [0.25, 0.3) is 0 Å². The molecule has 0 aliphatic heterocycles. The summed E-state index contributed by atoms with van der Waals surface area (Å²) in [4.78, 5) is 25.1. The van der Waals surface area contributed by atoms with E-state index in [1.165, 1.54) is 0 Å². The third-order valence-corrected chi connectivity index (χ3v) is 4.01. The fourth-order valence-corrected chi connectivity index (χ4v) is 2.65. The summed E-state index contributed by atoms with van der Waals surface area (Å²) in [6.07, 6.45) is 3.99. The minimum Gasteiger partial charge on any atom is -0.487 e. The van der Waals surface area contributed by atoms with Crippen LogP contribution in [0.1, 0.15) is 67.2 Å². The summed E-state index contributed by atoms with van der Waals surface area (Å²) in [5.74, 6) is -0.361. The van der Waals surface area contributed by atoms with Gasteiger partial charge in [0.15, 0.2) is 11.5 Å². The molecule has 0 fully saturated rings. The van der Waals surface area contributed by atoms with E-state index in [0.29, 0.717) is 18.1 Å². The highest BCUT2D eigenvalue weighted by atomic mass is 16.6. The highest BCUT2D eigenvalue weighted by molar-refractivity contribution is 6.03.